The lowest BCUT2D eigenvalue weighted by atomic mass is 9.88. The molecule has 0 aliphatic rings. The number of hydrogen-bond donors (Lipinski definition) is 0. The average Bonchev–Trinajstić information content (AvgIpc) is 3.66. The first-order chi connectivity index (χ1) is 39.0. The summed E-state index contributed by atoms with van der Waals surface area (Å²) in [5.74, 6) is 1.19. The van der Waals surface area contributed by atoms with E-state index in [-0.39, 0.29) is 0 Å². The molecule has 12 aromatic carbocycles. The Balaban J connectivity index is 0.977. The summed E-state index contributed by atoms with van der Waals surface area (Å²) >= 11 is 3.79. The van der Waals surface area contributed by atoms with Crippen molar-refractivity contribution in [3.8, 4) is 22.3 Å². The van der Waals surface area contributed by atoms with Gasteiger partial charge in [-0.25, -0.2) is 0 Å². The van der Waals surface area contributed by atoms with Crippen molar-refractivity contribution in [2.75, 3.05) is 9.80 Å². The Morgan fingerprint density at radius 1 is 0.287 bits per heavy atom. The zero-order valence-electron chi connectivity index (χ0n) is 46.8. The number of rotatable bonds is 12. The highest BCUT2D eigenvalue weighted by Crippen LogP contribution is 2.53. The van der Waals surface area contributed by atoms with Crippen molar-refractivity contribution < 1.29 is 0 Å². The van der Waals surface area contributed by atoms with Crippen LogP contribution in [0.25, 0.3) is 94.9 Å². The summed E-state index contributed by atoms with van der Waals surface area (Å²) in [6.45, 7) is 18.7. The second kappa shape index (κ2) is 19.8. The smallest absolute Gasteiger partial charge is 0.0540 e. The summed E-state index contributed by atoms with van der Waals surface area (Å²) in [5, 5.41) is 12.8. The summed E-state index contributed by atoms with van der Waals surface area (Å²) < 4.78 is 5.32. The third-order valence-electron chi connectivity index (χ3n) is 16.9. The molecule has 0 saturated heterocycles. The lowest BCUT2D eigenvalue weighted by molar-refractivity contribution is 0.831. The van der Waals surface area contributed by atoms with Crippen LogP contribution in [0.4, 0.5) is 34.1 Å². The topological polar surface area (TPSA) is 6.48 Å². The summed E-state index contributed by atoms with van der Waals surface area (Å²) in [5.41, 5.74) is 17.6. The van der Waals surface area contributed by atoms with Crippen molar-refractivity contribution >= 4 is 129 Å². The van der Waals surface area contributed by atoms with Gasteiger partial charge in [0.2, 0.25) is 0 Å². The van der Waals surface area contributed by atoms with Crippen molar-refractivity contribution in [1.29, 1.82) is 0 Å². The number of anilines is 6. The Labute approximate surface area is 478 Å². The first-order valence-corrected chi connectivity index (χ1v) is 30.2. The molecule has 0 spiro atoms. The van der Waals surface area contributed by atoms with Crippen LogP contribution in [0.3, 0.4) is 0 Å². The molecule has 0 saturated carbocycles. The van der Waals surface area contributed by atoms with E-state index in [2.05, 4.69) is 284 Å². The van der Waals surface area contributed by atoms with E-state index in [1.165, 1.54) is 140 Å². The van der Waals surface area contributed by atoms with Crippen molar-refractivity contribution in [2.45, 2.75) is 79.1 Å². The largest absolute Gasteiger partial charge is 0.309 e. The third kappa shape index (κ3) is 8.09. The second-order valence-corrected chi connectivity index (χ2v) is 25.2. The first-order valence-electron chi connectivity index (χ1n) is 28.6. The van der Waals surface area contributed by atoms with Crippen molar-refractivity contribution in [3.05, 3.63) is 241 Å². The van der Waals surface area contributed by atoms with Crippen LogP contribution < -0.4 is 9.80 Å². The molecule has 4 heteroatoms. The van der Waals surface area contributed by atoms with Crippen LogP contribution in [-0.2, 0) is 0 Å². The van der Waals surface area contributed by atoms with Gasteiger partial charge in [-0.3, -0.25) is 0 Å². The molecule has 80 heavy (non-hydrogen) atoms. The lowest BCUT2D eigenvalue weighted by Crippen LogP contribution is -2.17. The molecular formula is C76H64N2S2. The monoisotopic (exact) mass is 1070 g/mol. The van der Waals surface area contributed by atoms with E-state index in [1.807, 2.05) is 22.7 Å². The van der Waals surface area contributed by atoms with Crippen molar-refractivity contribution in [3.63, 3.8) is 0 Å². The van der Waals surface area contributed by atoms with Crippen LogP contribution in [0, 0.1) is 0 Å². The van der Waals surface area contributed by atoms with Crippen LogP contribution in [0.2, 0.25) is 0 Å². The fraction of sp³-hybridized carbons (Fsp3) is 0.158. The molecule has 0 aliphatic carbocycles. The van der Waals surface area contributed by atoms with Gasteiger partial charge in [-0.1, -0.05) is 225 Å². The van der Waals surface area contributed by atoms with Gasteiger partial charge in [0.05, 0.1) is 22.7 Å². The number of hydrogen-bond acceptors (Lipinski definition) is 4. The number of fused-ring (bicyclic) bond motifs is 6. The molecule has 0 radical (unpaired) electrons. The maximum Gasteiger partial charge on any atom is 0.0540 e. The van der Waals surface area contributed by atoms with Crippen LogP contribution in [0.5, 0.6) is 0 Å². The van der Waals surface area contributed by atoms with Gasteiger partial charge in [0.15, 0.2) is 0 Å². The lowest BCUT2D eigenvalue weighted by Gasteiger charge is -2.34. The molecule has 0 unspecified atom stereocenters. The summed E-state index contributed by atoms with van der Waals surface area (Å²) in [6, 6.07) is 83.0. The van der Waals surface area contributed by atoms with Crippen LogP contribution in [-0.4, -0.2) is 0 Å². The van der Waals surface area contributed by atoms with E-state index in [1.54, 1.807) is 0 Å². The molecule has 2 nitrogen and oxygen atoms in total. The molecule has 0 atom stereocenters. The maximum absolute atomic E-state index is 2.60. The van der Waals surface area contributed by atoms with Gasteiger partial charge in [-0.05, 0) is 138 Å². The molecule has 0 fully saturated rings. The first kappa shape index (κ1) is 50.0. The minimum atomic E-state index is 0.299. The fourth-order valence-electron chi connectivity index (χ4n) is 13.0. The Kier molecular flexibility index (Phi) is 12.4. The molecule has 2 heterocycles. The molecule has 0 bridgehead atoms. The fourth-order valence-corrected chi connectivity index (χ4v) is 15.5. The van der Waals surface area contributed by atoms with Crippen LogP contribution in [0.15, 0.2) is 218 Å². The number of nitrogens with zero attached hydrogens (tertiary/aromatic N) is 2. The van der Waals surface area contributed by atoms with E-state index < -0.39 is 0 Å². The minimum Gasteiger partial charge on any atom is -0.309 e. The number of thiophene rings is 2. The van der Waals surface area contributed by atoms with E-state index >= 15 is 0 Å². The van der Waals surface area contributed by atoms with E-state index in [0.29, 0.717) is 23.7 Å². The maximum atomic E-state index is 2.60. The molecule has 0 N–H and O–H groups in total. The molecule has 390 valence electrons. The summed E-state index contributed by atoms with van der Waals surface area (Å²) in [7, 11) is 0. The van der Waals surface area contributed by atoms with Gasteiger partial charge in [0, 0.05) is 62.5 Å². The highest BCUT2D eigenvalue weighted by atomic mass is 32.1. The quantitative estimate of drug-likeness (QED) is 0.113. The van der Waals surface area contributed by atoms with Crippen molar-refractivity contribution in [1.82, 2.24) is 0 Å². The summed E-state index contributed by atoms with van der Waals surface area (Å²) in [4.78, 5) is 5.20. The van der Waals surface area contributed by atoms with Gasteiger partial charge in [-0.15, -0.1) is 22.7 Å². The predicted molar refractivity (Wildman–Crippen MR) is 353 cm³/mol. The minimum absolute atomic E-state index is 0.299. The highest BCUT2D eigenvalue weighted by molar-refractivity contribution is 7.26. The Hall–Kier alpha value is -8.28. The highest BCUT2D eigenvalue weighted by Gasteiger charge is 2.28. The van der Waals surface area contributed by atoms with Gasteiger partial charge in [-0.2, -0.15) is 0 Å². The SMILES string of the molecule is CC(C)c1cccc(C(C)C)c1N(c1ccc(-c2cccc3c2sc2ccccc23)cc1)c1ccc2ccc3c(N(c4ccc(-c5cccc6c5sc5ccccc56)cc4)c4c(C(C)C)cccc4C(C)C)ccc4ccc1c2c43. The van der Waals surface area contributed by atoms with Gasteiger partial charge >= 0.3 is 0 Å². The average molecular weight is 1070 g/mol. The zero-order chi connectivity index (χ0) is 54.5. The number of benzene rings is 12. The molecule has 0 amide bonds. The van der Waals surface area contributed by atoms with Gasteiger partial charge in [0.1, 0.15) is 0 Å². The molecule has 2 aromatic heterocycles. The van der Waals surface area contributed by atoms with Gasteiger partial charge < -0.3 is 9.80 Å². The summed E-state index contributed by atoms with van der Waals surface area (Å²) in [6.07, 6.45) is 0. The Bertz CT molecular complexity index is 4320. The van der Waals surface area contributed by atoms with Crippen molar-refractivity contribution in [2.24, 2.45) is 0 Å². The Morgan fingerprint density at radius 3 is 1.00 bits per heavy atom. The van der Waals surface area contributed by atoms with E-state index in [9.17, 15) is 0 Å². The normalized spacial score (nSPS) is 12.2. The van der Waals surface area contributed by atoms with Crippen LogP contribution >= 0.6 is 22.7 Å². The molecule has 0 aliphatic heterocycles. The molecular weight excluding hydrogens is 1000 g/mol. The van der Waals surface area contributed by atoms with Gasteiger partial charge in [0.25, 0.3) is 0 Å². The Morgan fingerprint density at radius 2 is 0.625 bits per heavy atom. The van der Waals surface area contributed by atoms with E-state index in [0.717, 1.165) is 11.4 Å². The zero-order valence-corrected chi connectivity index (χ0v) is 48.4. The molecule has 14 aromatic rings. The molecule has 14 rings (SSSR count). The standard InChI is InChI=1S/C76H64N2S2/c1-45(2)55-19-13-20-56(46(3)4)73(55)77(53-37-29-49(30-38-53)59-23-15-25-63-61-17-9-11-27-69(61)79-75(59)63)67-43-35-51-34-42-66-68(44-36-52-33-41-65(67)71(51)72(52)66)78(74-57(47(5)6)21-14-22-58(74)48(7)8)54-39-31-50(32-40-54)60-24-16-26-64-62-18-10-12-28-70(62)80-76(60)64/h9-48H,1-8H3. The third-order valence-corrected chi connectivity index (χ3v) is 19.4. The van der Waals surface area contributed by atoms with E-state index in [4.69, 9.17) is 0 Å². The van der Waals surface area contributed by atoms with Crippen LogP contribution in [0.1, 0.15) is 101 Å². The second-order valence-electron chi connectivity index (χ2n) is 23.1. The number of para-hydroxylation sites is 2. The predicted octanol–water partition coefficient (Wildman–Crippen LogP) is 24.1.